The SMILES string of the molecule is CCCNC1CC(Oc2cc(F)cc(Br)c2)C1OCC. The van der Waals surface area contributed by atoms with Crippen molar-refractivity contribution < 1.29 is 13.9 Å². The van der Waals surface area contributed by atoms with Crippen LogP contribution in [0.25, 0.3) is 0 Å². The number of rotatable bonds is 7. The summed E-state index contributed by atoms with van der Waals surface area (Å²) in [5.41, 5.74) is 0. The molecule has 0 spiro atoms. The second-order valence-corrected chi connectivity index (χ2v) is 5.89. The van der Waals surface area contributed by atoms with Gasteiger partial charge >= 0.3 is 0 Å². The Bertz CT molecular complexity index is 424. The van der Waals surface area contributed by atoms with Crippen LogP contribution in [-0.2, 0) is 4.74 Å². The lowest BCUT2D eigenvalue weighted by molar-refractivity contribution is -0.104. The second-order valence-electron chi connectivity index (χ2n) is 4.98. The van der Waals surface area contributed by atoms with Crippen LogP contribution in [-0.4, -0.2) is 31.4 Å². The molecule has 112 valence electrons. The van der Waals surface area contributed by atoms with Gasteiger partial charge in [-0.05, 0) is 32.0 Å². The lowest BCUT2D eigenvalue weighted by Crippen LogP contribution is -2.61. The molecule has 1 saturated carbocycles. The Morgan fingerprint density at radius 2 is 2.15 bits per heavy atom. The maximum atomic E-state index is 13.3. The molecular weight excluding hydrogens is 325 g/mol. The van der Waals surface area contributed by atoms with Gasteiger partial charge in [0, 0.05) is 29.6 Å². The molecule has 0 radical (unpaired) electrons. The Labute approximate surface area is 128 Å². The van der Waals surface area contributed by atoms with Crippen molar-refractivity contribution >= 4 is 15.9 Å². The predicted molar refractivity (Wildman–Crippen MR) is 80.6 cm³/mol. The highest BCUT2D eigenvalue weighted by Gasteiger charge is 2.43. The van der Waals surface area contributed by atoms with Gasteiger partial charge < -0.3 is 14.8 Å². The average molecular weight is 346 g/mol. The first kappa shape index (κ1) is 15.7. The number of hydrogen-bond acceptors (Lipinski definition) is 3. The maximum absolute atomic E-state index is 13.3. The van der Waals surface area contributed by atoms with Gasteiger partial charge in [0.15, 0.2) is 0 Å². The number of halogens is 2. The Balaban J connectivity index is 1.95. The van der Waals surface area contributed by atoms with Gasteiger partial charge in [0.25, 0.3) is 0 Å². The van der Waals surface area contributed by atoms with E-state index in [-0.39, 0.29) is 18.0 Å². The predicted octanol–water partition coefficient (Wildman–Crippen LogP) is 3.51. The maximum Gasteiger partial charge on any atom is 0.128 e. The van der Waals surface area contributed by atoms with Gasteiger partial charge in [-0.25, -0.2) is 4.39 Å². The first-order chi connectivity index (χ1) is 9.63. The van der Waals surface area contributed by atoms with E-state index in [0.29, 0.717) is 22.9 Å². The van der Waals surface area contributed by atoms with E-state index >= 15 is 0 Å². The monoisotopic (exact) mass is 345 g/mol. The zero-order chi connectivity index (χ0) is 14.5. The molecule has 5 heteroatoms. The normalized spacial score (nSPS) is 25.3. The molecule has 1 aliphatic carbocycles. The molecule has 0 aromatic heterocycles. The second kappa shape index (κ2) is 7.38. The van der Waals surface area contributed by atoms with Crippen molar-refractivity contribution in [2.45, 2.75) is 44.9 Å². The summed E-state index contributed by atoms with van der Waals surface area (Å²) in [4.78, 5) is 0. The van der Waals surface area contributed by atoms with E-state index in [0.717, 1.165) is 19.4 Å². The summed E-state index contributed by atoms with van der Waals surface area (Å²) in [6.07, 6.45) is 2.00. The lowest BCUT2D eigenvalue weighted by atomic mass is 9.85. The zero-order valence-corrected chi connectivity index (χ0v) is 13.5. The highest BCUT2D eigenvalue weighted by Crippen LogP contribution is 2.30. The Morgan fingerprint density at radius 3 is 2.80 bits per heavy atom. The van der Waals surface area contributed by atoms with Crippen molar-refractivity contribution in [3.05, 3.63) is 28.5 Å². The van der Waals surface area contributed by atoms with E-state index in [4.69, 9.17) is 9.47 Å². The van der Waals surface area contributed by atoms with Crippen molar-refractivity contribution in [2.24, 2.45) is 0 Å². The van der Waals surface area contributed by atoms with E-state index in [1.54, 1.807) is 6.07 Å². The van der Waals surface area contributed by atoms with Crippen LogP contribution in [0.1, 0.15) is 26.7 Å². The van der Waals surface area contributed by atoms with Crippen LogP contribution in [0.3, 0.4) is 0 Å². The molecule has 1 aromatic carbocycles. The Morgan fingerprint density at radius 1 is 1.35 bits per heavy atom. The fourth-order valence-electron chi connectivity index (χ4n) is 2.41. The van der Waals surface area contributed by atoms with E-state index in [1.807, 2.05) is 6.92 Å². The molecule has 3 unspecified atom stereocenters. The van der Waals surface area contributed by atoms with Gasteiger partial charge in [-0.3, -0.25) is 0 Å². The van der Waals surface area contributed by atoms with Crippen molar-refractivity contribution in [1.29, 1.82) is 0 Å². The molecule has 2 rings (SSSR count). The van der Waals surface area contributed by atoms with Crippen LogP contribution in [0.4, 0.5) is 4.39 Å². The van der Waals surface area contributed by atoms with Crippen molar-refractivity contribution in [2.75, 3.05) is 13.2 Å². The molecule has 1 N–H and O–H groups in total. The quantitative estimate of drug-likeness (QED) is 0.820. The van der Waals surface area contributed by atoms with Gasteiger partial charge in [0.2, 0.25) is 0 Å². The third-order valence-corrected chi connectivity index (χ3v) is 3.85. The average Bonchev–Trinajstić information content (AvgIpc) is 2.38. The number of nitrogens with one attached hydrogen (secondary N) is 1. The summed E-state index contributed by atoms with van der Waals surface area (Å²) in [6, 6.07) is 4.93. The molecule has 3 nitrogen and oxygen atoms in total. The summed E-state index contributed by atoms with van der Waals surface area (Å²) in [5.74, 6) is 0.239. The van der Waals surface area contributed by atoms with Crippen LogP contribution in [0.5, 0.6) is 5.75 Å². The third-order valence-electron chi connectivity index (χ3n) is 3.39. The minimum atomic E-state index is -0.303. The number of benzene rings is 1. The molecular formula is C15H21BrFNO2. The van der Waals surface area contributed by atoms with Crippen molar-refractivity contribution in [3.8, 4) is 5.75 Å². The summed E-state index contributed by atoms with van der Waals surface area (Å²) >= 11 is 3.27. The molecule has 0 aliphatic heterocycles. The summed E-state index contributed by atoms with van der Waals surface area (Å²) in [7, 11) is 0. The minimum absolute atomic E-state index is 0.0157. The van der Waals surface area contributed by atoms with Gasteiger partial charge in [0.05, 0.1) is 0 Å². The highest BCUT2D eigenvalue weighted by atomic mass is 79.9. The van der Waals surface area contributed by atoms with Crippen LogP contribution in [0.2, 0.25) is 0 Å². The van der Waals surface area contributed by atoms with Gasteiger partial charge in [-0.1, -0.05) is 22.9 Å². The molecule has 1 aromatic rings. The molecule has 1 fully saturated rings. The molecule has 3 atom stereocenters. The third kappa shape index (κ3) is 3.93. The van der Waals surface area contributed by atoms with Crippen molar-refractivity contribution in [1.82, 2.24) is 5.32 Å². The zero-order valence-electron chi connectivity index (χ0n) is 11.9. The first-order valence-electron chi connectivity index (χ1n) is 7.11. The fraction of sp³-hybridized carbons (Fsp3) is 0.600. The van der Waals surface area contributed by atoms with E-state index < -0.39 is 0 Å². The molecule has 0 bridgehead atoms. The largest absolute Gasteiger partial charge is 0.487 e. The van der Waals surface area contributed by atoms with Crippen LogP contribution < -0.4 is 10.1 Å². The lowest BCUT2D eigenvalue weighted by Gasteiger charge is -2.44. The standard InChI is InChI=1S/C15H21BrFNO2/c1-3-5-18-13-9-14(15(13)19-4-2)20-12-7-10(16)6-11(17)8-12/h6-8,13-15,18H,3-5,9H2,1-2H3. The van der Waals surface area contributed by atoms with E-state index in [2.05, 4.69) is 28.2 Å². The molecule has 0 heterocycles. The van der Waals surface area contributed by atoms with Gasteiger partial charge in [-0.2, -0.15) is 0 Å². The fourth-order valence-corrected chi connectivity index (χ4v) is 2.86. The Hall–Kier alpha value is -0.650. The smallest absolute Gasteiger partial charge is 0.128 e. The molecule has 0 saturated heterocycles. The van der Waals surface area contributed by atoms with E-state index in [9.17, 15) is 4.39 Å². The Kier molecular flexibility index (Phi) is 5.81. The van der Waals surface area contributed by atoms with Gasteiger partial charge in [0.1, 0.15) is 23.8 Å². The van der Waals surface area contributed by atoms with Gasteiger partial charge in [-0.15, -0.1) is 0 Å². The van der Waals surface area contributed by atoms with Crippen molar-refractivity contribution in [3.63, 3.8) is 0 Å². The van der Waals surface area contributed by atoms with Crippen LogP contribution in [0.15, 0.2) is 22.7 Å². The molecule has 1 aliphatic rings. The molecule has 20 heavy (non-hydrogen) atoms. The number of hydrogen-bond donors (Lipinski definition) is 1. The van der Waals surface area contributed by atoms with E-state index in [1.165, 1.54) is 12.1 Å². The number of ether oxygens (including phenoxy) is 2. The summed E-state index contributed by atoms with van der Waals surface area (Å²) < 4.78 is 25.6. The highest BCUT2D eigenvalue weighted by molar-refractivity contribution is 9.10. The van der Waals surface area contributed by atoms with Crippen LogP contribution in [0, 0.1) is 5.82 Å². The molecule has 0 amide bonds. The van der Waals surface area contributed by atoms with Crippen LogP contribution >= 0.6 is 15.9 Å². The summed E-state index contributed by atoms with van der Waals surface area (Å²) in [6.45, 7) is 5.75. The summed E-state index contributed by atoms with van der Waals surface area (Å²) in [5, 5.41) is 3.45. The minimum Gasteiger partial charge on any atom is -0.487 e. The first-order valence-corrected chi connectivity index (χ1v) is 7.91. The topological polar surface area (TPSA) is 30.5 Å².